The van der Waals surface area contributed by atoms with Gasteiger partial charge in [-0.1, -0.05) is 29.8 Å². The number of hydrogen-bond acceptors (Lipinski definition) is 4. The molecule has 3 rings (SSSR count). The number of anilines is 1. The first-order valence-corrected chi connectivity index (χ1v) is 8.62. The van der Waals surface area contributed by atoms with Crippen molar-refractivity contribution < 1.29 is 15.0 Å². The van der Waals surface area contributed by atoms with Crippen molar-refractivity contribution >= 4 is 11.6 Å². The zero-order chi connectivity index (χ0) is 17.8. The van der Waals surface area contributed by atoms with Crippen LogP contribution in [0.15, 0.2) is 42.5 Å². The summed E-state index contributed by atoms with van der Waals surface area (Å²) in [5.41, 5.74) is 2.97. The molecule has 2 aromatic carbocycles. The fourth-order valence-corrected chi connectivity index (χ4v) is 3.12. The number of para-hydroxylation sites is 1. The molecule has 2 aromatic rings. The fourth-order valence-electron chi connectivity index (χ4n) is 3.12. The molecule has 0 spiro atoms. The van der Waals surface area contributed by atoms with Crippen molar-refractivity contribution in [2.45, 2.75) is 32.4 Å². The average Bonchev–Trinajstić information content (AvgIpc) is 2.60. The molecule has 25 heavy (non-hydrogen) atoms. The van der Waals surface area contributed by atoms with E-state index in [0.29, 0.717) is 0 Å². The molecule has 0 unspecified atom stereocenters. The SMILES string of the molecule is Cc1ccc(O)c(C(=O)Nc2ccccc2CN2CCC(O)CC2)c1. The molecule has 1 amide bonds. The van der Waals surface area contributed by atoms with Crippen LogP contribution in [-0.4, -0.2) is 40.2 Å². The predicted molar refractivity (Wildman–Crippen MR) is 97.8 cm³/mol. The van der Waals surface area contributed by atoms with E-state index in [1.54, 1.807) is 12.1 Å². The number of rotatable bonds is 4. The predicted octanol–water partition coefficient (Wildman–Crippen LogP) is 2.91. The lowest BCUT2D eigenvalue weighted by atomic mass is 10.1. The molecular formula is C20H24N2O3. The third-order valence-electron chi connectivity index (χ3n) is 4.61. The molecule has 0 radical (unpaired) electrons. The molecule has 0 bridgehead atoms. The van der Waals surface area contributed by atoms with Crippen LogP contribution in [0.25, 0.3) is 0 Å². The molecule has 5 nitrogen and oxygen atoms in total. The van der Waals surface area contributed by atoms with Gasteiger partial charge in [-0.05, 0) is 43.5 Å². The summed E-state index contributed by atoms with van der Waals surface area (Å²) in [5.74, 6) is -0.340. The van der Waals surface area contributed by atoms with Gasteiger partial charge in [-0.25, -0.2) is 0 Å². The maximum absolute atomic E-state index is 12.6. The molecule has 1 saturated heterocycles. The standard InChI is InChI=1S/C20H24N2O3/c1-14-6-7-19(24)17(12-14)20(25)21-18-5-3-2-4-15(18)13-22-10-8-16(23)9-11-22/h2-7,12,16,23-24H,8-11,13H2,1H3,(H,21,25). The van der Waals surface area contributed by atoms with Gasteiger partial charge in [-0.15, -0.1) is 0 Å². The van der Waals surface area contributed by atoms with Crippen LogP contribution in [0.5, 0.6) is 5.75 Å². The third-order valence-corrected chi connectivity index (χ3v) is 4.61. The van der Waals surface area contributed by atoms with E-state index in [0.717, 1.165) is 49.3 Å². The summed E-state index contributed by atoms with van der Waals surface area (Å²) in [6.45, 7) is 4.31. The highest BCUT2D eigenvalue weighted by atomic mass is 16.3. The lowest BCUT2D eigenvalue weighted by molar-refractivity contribution is 0.0793. The highest BCUT2D eigenvalue weighted by Crippen LogP contribution is 2.23. The van der Waals surface area contributed by atoms with Crippen molar-refractivity contribution in [1.82, 2.24) is 4.90 Å². The van der Waals surface area contributed by atoms with Crippen molar-refractivity contribution in [2.24, 2.45) is 0 Å². The molecule has 1 aliphatic heterocycles. The Balaban J connectivity index is 1.74. The molecule has 0 atom stereocenters. The van der Waals surface area contributed by atoms with Gasteiger partial charge in [-0.3, -0.25) is 9.69 Å². The van der Waals surface area contributed by atoms with Crippen LogP contribution >= 0.6 is 0 Å². The van der Waals surface area contributed by atoms with Crippen LogP contribution in [0.1, 0.15) is 34.3 Å². The van der Waals surface area contributed by atoms with Crippen LogP contribution in [0.4, 0.5) is 5.69 Å². The van der Waals surface area contributed by atoms with Gasteiger partial charge in [0.25, 0.3) is 5.91 Å². The molecule has 3 N–H and O–H groups in total. The van der Waals surface area contributed by atoms with Gasteiger partial charge in [0.05, 0.1) is 11.7 Å². The Morgan fingerprint density at radius 2 is 1.92 bits per heavy atom. The Labute approximate surface area is 147 Å². The number of phenols is 1. The first-order chi connectivity index (χ1) is 12.0. The molecule has 5 heteroatoms. The number of nitrogens with one attached hydrogen (secondary N) is 1. The number of aliphatic hydroxyl groups is 1. The minimum absolute atomic E-state index is 0.0226. The number of aryl methyl sites for hydroxylation is 1. The van der Waals surface area contributed by atoms with E-state index in [4.69, 9.17) is 0 Å². The van der Waals surface area contributed by atoms with Crippen LogP contribution in [0, 0.1) is 6.92 Å². The summed E-state index contributed by atoms with van der Waals surface area (Å²) in [7, 11) is 0. The topological polar surface area (TPSA) is 72.8 Å². The van der Waals surface area contributed by atoms with Crippen molar-refractivity contribution in [3.05, 3.63) is 59.2 Å². The summed E-state index contributed by atoms with van der Waals surface area (Å²) in [4.78, 5) is 14.8. The van der Waals surface area contributed by atoms with Crippen LogP contribution in [-0.2, 0) is 6.54 Å². The van der Waals surface area contributed by atoms with E-state index in [9.17, 15) is 15.0 Å². The Hall–Kier alpha value is -2.37. The third kappa shape index (κ3) is 4.38. The fraction of sp³-hybridized carbons (Fsp3) is 0.350. The summed E-state index contributed by atoms with van der Waals surface area (Å²) >= 11 is 0. The number of nitrogens with zero attached hydrogens (tertiary/aromatic N) is 1. The zero-order valence-electron chi connectivity index (χ0n) is 14.4. The number of carbonyl (C=O) groups excluding carboxylic acids is 1. The second kappa shape index (κ2) is 7.68. The largest absolute Gasteiger partial charge is 0.507 e. The summed E-state index contributed by atoms with van der Waals surface area (Å²) in [6.07, 6.45) is 1.37. The Morgan fingerprint density at radius 1 is 1.20 bits per heavy atom. The smallest absolute Gasteiger partial charge is 0.259 e. The molecule has 1 aliphatic rings. The van der Waals surface area contributed by atoms with E-state index in [1.807, 2.05) is 31.2 Å². The van der Waals surface area contributed by atoms with Crippen LogP contribution in [0.3, 0.4) is 0 Å². The number of hydrogen-bond donors (Lipinski definition) is 3. The van der Waals surface area contributed by atoms with Gasteiger partial charge < -0.3 is 15.5 Å². The van der Waals surface area contributed by atoms with E-state index < -0.39 is 0 Å². The highest BCUT2D eigenvalue weighted by Gasteiger charge is 2.19. The summed E-state index contributed by atoms with van der Waals surface area (Å²) in [5, 5.41) is 22.5. The van der Waals surface area contributed by atoms with Crippen molar-refractivity contribution in [3.63, 3.8) is 0 Å². The molecule has 0 saturated carbocycles. The molecule has 132 valence electrons. The monoisotopic (exact) mass is 340 g/mol. The Bertz CT molecular complexity index is 752. The second-order valence-corrected chi connectivity index (χ2v) is 6.64. The number of likely N-dealkylation sites (tertiary alicyclic amines) is 1. The Morgan fingerprint density at radius 3 is 2.68 bits per heavy atom. The normalized spacial score (nSPS) is 15.9. The molecule has 0 aromatic heterocycles. The number of aliphatic hydroxyl groups excluding tert-OH is 1. The minimum Gasteiger partial charge on any atom is -0.507 e. The molecule has 1 heterocycles. The van der Waals surface area contributed by atoms with Gasteiger partial charge in [0, 0.05) is 25.3 Å². The second-order valence-electron chi connectivity index (χ2n) is 6.64. The summed E-state index contributed by atoms with van der Waals surface area (Å²) < 4.78 is 0. The van der Waals surface area contributed by atoms with Crippen LogP contribution in [0.2, 0.25) is 0 Å². The number of benzene rings is 2. The first-order valence-electron chi connectivity index (χ1n) is 8.62. The van der Waals surface area contributed by atoms with Crippen molar-refractivity contribution in [1.29, 1.82) is 0 Å². The number of aromatic hydroxyl groups is 1. The first kappa shape index (κ1) is 17.5. The van der Waals surface area contributed by atoms with Gasteiger partial charge >= 0.3 is 0 Å². The number of carbonyl (C=O) groups is 1. The molecule has 1 fully saturated rings. The van der Waals surface area contributed by atoms with E-state index in [2.05, 4.69) is 10.2 Å². The maximum Gasteiger partial charge on any atom is 0.259 e. The summed E-state index contributed by atoms with van der Waals surface area (Å²) in [6, 6.07) is 12.7. The van der Waals surface area contributed by atoms with Crippen LogP contribution < -0.4 is 5.32 Å². The van der Waals surface area contributed by atoms with Gasteiger partial charge in [-0.2, -0.15) is 0 Å². The Kier molecular flexibility index (Phi) is 5.36. The number of phenolic OH excluding ortho intramolecular Hbond substituents is 1. The van der Waals surface area contributed by atoms with Crippen molar-refractivity contribution in [3.8, 4) is 5.75 Å². The van der Waals surface area contributed by atoms with Gasteiger partial charge in [0.2, 0.25) is 0 Å². The minimum atomic E-state index is -0.317. The number of amides is 1. The lowest BCUT2D eigenvalue weighted by Crippen LogP contribution is -2.35. The zero-order valence-corrected chi connectivity index (χ0v) is 14.4. The van der Waals surface area contributed by atoms with E-state index in [-0.39, 0.29) is 23.3 Å². The van der Waals surface area contributed by atoms with E-state index in [1.165, 1.54) is 6.07 Å². The molecule has 0 aliphatic carbocycles. The van der Waals surface area contributed by atoms with Gasteiger partial charge in [0.15, 0.2) is 0 Å². The highest BCUT2D eigenvalue weighted by molar-refractivity contribution is 6.06. The van der Waals surface area contributed by atoms with Crippen molar-refractivity contribution in [2.75, 3.05) is 18.4 Å². The quantitative estimate of drug-likeness (QED) is 0.800. The van der Waals surface area contributed by atoms with E-state index >= 15 is 0 Å². The average molecular weight is 340 g/mol. The number of piperidine rings is 1. The molecular weight excluding hydrogens is 316 g/mol. The maximum atomic E-state index is 12.6. The van der Waals surface area contributed by atoms with Gasteiger partial charge in [0.1, 0.15) is 5.75 Å². The lowest BCUT2D eigenvalue weighted by Gasteiger charge is -2.30.